The molecule has 1 aromatic carbocycles. The van der Waals surface area contributed by atoms with Crippen molar-refractivity contribution in [2.24, 2.45) is 11.8 Å². The number of hydrogen-bond donors (Lipinski definition) is 3. The SMILES string of the molecule is COc1cc(C=O)cc(I)c1OC1C=C(C(=O)NCCO)CC(N(CC2CCCCC2)C(=O)C2CC2)C1O. The average molecular weight is 641 g/mol. The monoisotopic (exact) mass is 640 g/mol. The number of nitrogens with one attached hydrogen (secondary N) is 1. The molecule has 0 bridgehead atoms. The van der Waals surface area contributed by atoms with Crippen molar-refractivity contribution >= 4 is 40.7 Å². The Kier molecular flexibility index (Phi) is 10.1. The number of hydrogen-bond acceptors (Lipinski definition) is 7. The minimum atomic E-state index is -1.08. The van der Waals surface area contributed by atoms with Crippen molar-refractivity contribution in [3.63, 3.8) is 0 Å². The highest BCUT2D eigenvalue weighted by Gasteiger charge is 2.44. The summed E-state index contributed by atoms with van der Waals surface area (Å²) in [6.07, 6.45) is 7.77. The van der Waals surface area contributed by atoms with Gasteiger partial charge in [0.15, 0.2) is 11.5 Å². The summed E-state index contributed by atoms with van der Waals surface area (Å²) in [4.78, 5) is 39.7. The molecule has 0 spiro atoms. The molecule has 3 aliphatic carbocycles. The van der Waals surface area contributed by atoms with Crippen LogP contribution in [0.4, 0.5) is 0 Å². The number of halogens is 1. The highest BCUT2D eigenvalue weighted by molar-refractivity contribution is 14.1. The van der Waals surface area contributed by atoms with E-state index in [0.717, 1.165) is 44.8 Å². The van der Waals surface area contributed by atoms with E-state index in [1.165, 1.54) is 13.5 Å². The lowest BCUT2D eigenvalue weighted by Crippen LogP contribution is -2.56. The standard InChI is InChI=1S/C28H37IN2O7/c1-37-24-12-18(16-33)11-21(29)26(24)38-23-14-20(27(35)30-9-10-32)13-22(25(23)34)31(28(36)19-7-8-19)15-17-5-3-2-4-6-17/h11-12,14,16-17,19,22-23,25,32,34H,2-10,13,15H2,1H3,(H,30,35). The zero-order valence-corrected chi connectivity index (χ0v) is 23.9. The molecule has 1 aromatic rings. The summed E-state index contributed by atoms with van der Waals surface area (Å²) < 4.78 is 12.4. The lowest BCUT2D eigenvalue weighted by molar-refractivity contribution is -0.141. The molecule has 3 unspecified atom stereocenters. The molecule has 0 aliphatic heterocycles. The highest BCUT2D eigenvalue weighted by Crippen LogP contribution is 2.39. The van der Waals surface area contributed by atoms with Gasteiger partial charge in [0.05, 0.1) is 23.3 Å². The largest absolute Gasteiger partial charge is 0.493 e. The number of ether oxygens (including phenoxy) is 2. The van der Waals surface area contributed by atoms with Gasteiger partial charge in [-0.15, -0.1) is 0 Å². The van der Waals surface area contributed by atoms with Crippen LogP contribution in [0.15, 0.2) is 23.8 Å². The predicted octanol–water partition coefficient (Wildman–Crippen LogP) is 2.85. The van der Waals surface area contributed by atoms with E-state index < -0.39 is 18.2 Å². The molecule has 2 amide bonds. The Hall–Kier alpha value is -2.18. The summed E-state index contributed by atoms with van der Waals surface area (Å²) in [5.41, 5.74) is 0.823. The fraction of sp³-hybridized carbons (Fsp3) is 0.607. The molecule has 3 N–H and O–H groups in total. The van der Waals surface area contributed by atoms with Crippen molar-refractivity contribution in [2.45, 2.75) is 69.6 Å². The van der Waals surface area contributed by atoms with Crippen LogP contribution < -0.4 is 14.8 Å². The van der Waals surface area contributed by atoms with Crippen LogP contribution in [-0.2, 0) is 9.59 Å². The first-order valence-electron chi connectivity index (χ1n) is 13.4. The molecule has 3 atom stereocenters. The molecule has 2 saturated carbocycles. The third kappa shape index (κ3) is 6.87. The third-order valence-electron chi connectivity index (χ3n) is 7.65. The number of methoxy groups -OCH3 is 1. The topological polar surface area (TPSA) is 125 Å². The van der Waals surface area contributed by atoms with Crippen molar-refractivity contribution in [2.75, 3.05) is 26.8 Å². The van der Waals surface area contributed by atoms with E-state index in [4.69, 9.17) is 9.47 Å². The second kappa shape index (κ2) is 13.3. The summed E-state index contributed by atoms with van der Waals surface area (Å²) in [5, 5.41) is 23.5. The molecular formula is C28H37IN2O7. The molecule has 0 saturated heterocycles. The first-order valence-corrected chi connectivity index (χ1v) is 14.5. The highest BCUT2D eigenvalue weighted by atomic mass is 127. The van der Waals surface area contributed by atoms with Crippen LogP contribution in [0.3, 0.4) is 0 Å². The number of amides is 2. The van der Waals surface area contributed by atoms with Gasteiger partial charge in [0.2, 0.25) is 11.8 Å². The van der Waals surface area contributed by atoms with Gasteiger partial charge in [-0.25, -0.2) is 0 Å². The molecule has 10 heteroatoms. The van der Waals surface area contributed by atoms with Crippen molar-refractivity contribution in [3.8, 4) is 11.5 Å². The van der Waals surface area contributed by atoms with Crippen LogP contribution in [0.1, 0.15) is 61.7 Å². The Morgan fingerprint density at radius 3 is 2.55 bits per heavy atom. The summed E-state index contributed by atoms with van der Waals surface area (Å²) >= 11 is 2.04. The molecule has 38 heavy (non-hydrogen) atoms. The fourth-order valence-electron chi connectivity index (χ4n) is 5.44. The number of carbonyl (C=O) groups is 3. The van der Waals surface area contributed by atoms with Crippen molar-refractivity contribution in [3.05, 3.63) is 32.9 Å². The van der Waals surface area contributed by atoms with Gasteiger partial charge in [0.1, 0.15) is 18.5 Å². The first-order chi connectivity index (χ1) is 18.4. The Bertz CT molecular complexity index is 1050. The molecule has 9 nitrogen and oxygen atoms in total. The summed E-state index contributed by atoms with van der Waals surface area (Å²) in [6, 6.07) is 2.58. The molecule has 2 fully saturated rings. The number of carbonyl (C=O) groups excluding carboxylic acids is 3. The molecule has 0 radical (unpaired) electrons. The van der Waals surface area contributed by atoms with Crippen LogP contribution in [0, 0.1) is 15.4 Å². The van der Waals surface area contributed by atoms with Gasteiger partial charge in [-0.1, -0.05) is 19.3 Å². The van der Waals surface area contributed by atoms with Crippen LogP contribution in [-0.4, -0.2) is 78.3 Å². The van der Waals surface area contributed by atoms with E-state index in [1.54, 1.807) is 18.2 Å². The maximum atomic E-state index is 13.5. The quantitative estimate of drug-likeness (QED) is 0.251. The van der Waals surface area contributed by atoms with E-state index in [0.29, 0.717) is 38.7 Å². The fourth-order valence-corrected chi connectivity index (χ4v) is 6.19. The minimum absolute atomic E-state index is 0.0281. The molecular weight excluding hydrogens is 603 g/mol. The van der Waals surface area contributed by atoms with E-state index in [9.17, 15) is 24.6 Å². The summed E-state index contributed by atoms with van der Waals surface area (Å²) in [6.45, 7) is 0.461. The Labute approximate surface area is 237 Å². The number of aliphatic hydroxyl groups is 2. The Morgan fingerprint density at radius 1 is 1.18 bits per heavy atom. The van der Waals surface area contributed by atoms with Gasteiger partial charge in [0.25, 0.3) is 0 Å². The van der Waals surface area contributed by atoms with Gasteiger partial charge in [-0.2, -0.15) is 0 Å². The molecule has 4 rings (SSSR count). The van der Waals surface area contributed by atoms with E-state index in [2.05, 4.69) is 5.32 Å². The Morgan fingerprint density at radius 2 is 1.92 bits per heavy atom. The minimum Gasteiger partial charge on any atom is -0.493 e. The smallest absolute Gasteiger partial charge is 0.247 e. The number of rotatable bonds is 11. The van der Waals surface area contributed by atoms with E-state index in [-0.39, 0.29) is 37.3 Å². The zero-order chi connectivity index (χ0) is 27.2. The maximum Gasteiger partial charge on any atom is 0.247 e. The number of benzene rings is 1. The van der Waals surface area contributed by atoms with Crippen LogP contribution >= 0.6 is 22.6 Å². The molecule has 3 aliphatic rings. The zero-order valence-electron chi connectivity index (χ0n) is 21.7. The van der Waals surface area contributed by atoms with Gasteiger partial charge < -0.3 is 29.9 Å². The van der Waals surface area contributed by atoms with Gasteiger partial charge in [0, 0.05) is 36.6 Å². The van der Waals surface area contributed by atoms with Crippen molar-refractivity contribution in [1.29, 1.82) is 0 Å². The second-order valence-corrected chi connectivity index (χ2v) is 11.6. The van der Waals surface area contributed by atoms with Crippen LogP contribution in [0.2, 0.25) is 0 Å². The number of aldehydes is 1. The van der Waals surface area contributed by atoms with E-state index in [1.807, 2.05) is 27.5 Å². The lowest BCUT2D eigenvalue weighted by atomic mass is 9.85. The van der Waals surface area contributed by atoms with Crippen molar-refractivity contribution < 1.29 is 34.1 Å². The van der Waals surface area contributed by atoms with Crippen LogP contribution in [0.5, 0.6) is 11.5 Å². The van der Waals surface area contributed by atoms with Crippen LogP contribution in [0.25, 0.3) is 0 Å². The number of aliphatic hydroxyl groups excluding tert-OH is 2. The lowest BCUT2D eigenvalue weighted by Gasteiger charge is -2.42. The van der Waals surface area contributed by atoms with Gasteiger partial charge in [-0.05, 0) is 72.4 Å². The first kappa shape index (κ1) is 28.8. The van der Waals surface area contributed by atoms with Gasteiger partial charge in [-0.3, -0.25) is 14.4 Å². The molecule has 208 valence electrons. The predicted molar refractivity (Wildman–Crippen MR) is 149 cm³/mol. The number of nitrogens with zero attached hydrogens (tertiary/aromatic N) is 1. The Balaban J connectivity index is 1.67. The second-order valence-electron chi connectivity index (χ2n) is 10.4. The normalized spacial score (nSPS) is 23.8. The summed E-state index contributed by atoms with van der Waals surface area (Å²) in [5.74, 6) is 0.701. The third-order valence-corrected chi connectivity index (χ3v) is 8.45. The average Bonchev–Trinajstić information content (AvgIpc) is 3.78. The maximum absolute atomic E-state index is 13.5. The van der Waals surface area contributed by atoms with E-state index >= 15 is 0 Å². The molecule has 0 heterocycles. The summed E-state index contributed by atoms with van der Waals surface area (Å²) in [7, 11) is 1.47. The molecule has 0 aromatic heterocycles. The van der Waals surface area contributed by atoms with Gasteiger partial charge >= 0.3 is 0 Å². The van der Waals surface area contributed by atoms with Crippen molar-refractivity contribution in [1.82, 2.24) is 10.2 Å².